The van der Waals surface area contributed by atoms with Crippen LogP contribution in [0.4, 0.5) is 5.69 Å². The van der Waals surface area contributed by atoms with Gasteiger partial charge in [0.1, 0.15) is 6.04 Å². The highest BCUT2D eigenvalue weighted by atomic mass is 79.9. The van der Waals surface area contributed by atoms with Crippen LogP contribution in [0, 0.1) is 12.3 Å². The molecule has 0 aliphatic carbocycles. The minimum Gasteiger partial charge on any atom is -0.374 e. The summed E-state index contributed by atoms with van der Waals surface area (Å²) in [6, 6.07) is 5.65. The van der Waals surface area contributed by atoms with E-state index < -0.39 is 0 Å². The molecule has 4 heteroatoms. The van der Waals surface area contributed by atoms with Crippen LogP contribution in [0.2, 0.25) is 0 Å². The monoisotopic (exact) mass is 308 g/mol. The molecule has 1 aromatic rings. The number of nitrogens with one attached hydrogen (secondary N) is 2. The van der Waals surface area contributed by atoms with Gasteiger partial charge in [-0.1, -0.05) is 28.8 Å². The van der Waals surface area contributed by atoms with E-state index in [2.05, 4.69) is 39.4 Å². The van der Waals surface area contributed by atoms with E-state index in [-0.39, 0.29) is 18.5 Å². The van der Waals surface area contributed by atoms with Crippen molar-refractivity contribution in [1.29, 1.82) is 0 Å². The number of hydrogen-bond donors (Lipinski definition) is 2. The Kier molecular flexibility index (Phi) is 5.73. The van der Waals surface area contributed by atoms with Crippen LogP contribution < -0.4 is 10.6 Å². The third-order valence-electron chi connectivity index (χ3n) is 2.58. The van der Waals surface area contributed by atoms with Crippen molar-refractivity contribution in [3.8, 4) is 12.3 Å². The molecule has 0 fully saturated rings. The third kappa shape index (κ3) is 4.08. The van der Waals surface area contributed by atoms with Gasteiger partial charge < -0.3 is 10.6 Å². The first-order valence-corrected chi connectivity index (χ1v) is 6.64. The van der Waals surface area contributed by atoms with Crippen molar-refractivity contribution in [2.45, 2.75) is 26.3 Å². The van der Waals surface area contributed by atoms with Crippen molar-refractivity contribution in [1.82, 2.24) is 5.32 Å². The molecule has 0 spiro atoms. The number of amides is 1. The number of carbonyl (C=O) groups excluding carboxylic acids is 1. The zero-order chi connectivity index (χ0) is 13.5. The summed E-state index contributed by atoms with van der Waals surface area (Å²) >= 11 is 3.44. The first-order chi connectivity index (χ1) is 8.58. The molecule has 96 valence electrons. The maximum absolute atomic E-state index is 11.7. The molecule has 18 heavy (non-hydrogen) atoms. The van der Waals surface area contributed by atoms with E-state index in [1.807, 2.05) is 25.1 Å². The molecule has 2 N–H and O–H groups in total. The molecular formula is C14H17BrN2O. The van der Waals surface area contributed by atoms with Crippen molar-refractivity contribution in [3.05, 3.63) is 28.2 Å². The number of hydrogen-bond acceptors (Lipinski definition) is 2. The SMILES string of the molecule is C#CCNC(=O)C(C)Nc1ccc(Br)cc1CC. The van der Waals surface area contributed by atoms with E-state index in [0.717, 1.165) is 16.6 Å². The van der Waals surface area contributed by atoms with Gasteiger partial charge in [-0.05, 0) is 37.1 Å². The lowest BCUT2D eigenvalue weighted by Gasteiger charge is -2.17. The molecule has 0 saturated heterocycles. The Morgan fingerprint density at radius 2 is 2.28 bits per heavy atom. The molecule has 0 aliphatic heterocycles. The van der Waals surface area contributed by atoms with Crippen molar-refractivity contribution in [2.75, 3.05) is 11.9 Å². The summed E-state index contributed by atoms with van der Waals surface area (Å²) in [7, 11) is 0. The fraction of sp³-hybridized carbons (Fsp3) is 0.357. The van der Waals surface area contributed by atoms with Gasteiger partial charge in [-0.15, -0.1) is 6.42 Å². The average molecular weight is 309 g/mol. The molecule has 1 atom stereocenters. The smallest absolute Gasteiger partial charge is 0.242 e. The lowest BCUT2D eigenvalue weighted by molar-refractivity contribution is -0.121. The van der Waals surface area contributed by atoms with Gasteiger partial charge in [0.05, 0.1) is 6.54 Å². The van der Waals surface area contributed by atoms with E-state index >= 15 is 0 Å². The van der Waals surface area contributed by atoms with Crippen LogP contribution in [0.5, 0.6) is 0 Å². The standard InChI is InChI=1S/C14H17BrN2O/c1-4-8-16-14(18)10(3)17-13-7-6-12(15)9-11(13)5-2/h1,6-7,9-10,17H,5,8H2,2-3H3,(H,16,18). The van der Waals surface area contributed by atoms with Crippen molar-refractivity contribution in [3.63, 3.8) is 0 Å². The van der Waals surface area contributed by atoms with Crippen LogP contribution in [0.25, 0.3) is 0 Å². The van der Waals surface area contributed by atoms with E-state index in [1.54, 1.807) is 0 Å². The van der Waals surface area contributed by atoms with E-state index in [4.69, 9.17) is 6.42 Å². The molecule has 0 heterocycles. The molecule has 0 aliphatic rings. The Balaban J connectivity index is 2.72. The summed E-state index contributed by atoms with van der Waals surface area (Å²) in [6.07, 6.45) is 6.00. The number of aryl methyl sites for hydroxylation is 1. The number of halogens is 1. The maximum Gasteiger partial charge on any atom is 0.242 e. The Morgan fingerprint density at radius 1 is 1.56 bits per heavy atom. The topological polar surface area (TPSA) is 41.1 Å². The fourth-order valence-electron chi connectivity index (χ4n) is 1.59. The molecule has 0 radical (unpaired) electrons. The average Bonchev–Trinajstić information content (AvgIpc) is 2.37. The van der Waals surface area contributed by atoms with Crippen LogP contribution in [-0.2, 0) is 11.2 Å². The number of benzene rings is 1. The maximum atomic E-state index is 11.7. The van der Waals surface area contributed by atoms with Gasteiger partial charge in [-0.25, -0.2) is 0 Å². The predicted octanol–water partition coefficient (Wildman–Crippen LogP) is 2.56. The highest BCUT2D eigenvalue weighted by Gasteiger charge is 2.13. The van der Waals surface area contributed by atoms with Gasteiger partial charge in [-0.3, -0.25) is 4.79 Å². The molecule has 1 aromatic carbocycles. The van der Waals surface area contributed by atoms with Crippen LogP contribution in [0.3, 0.4) is 0 Å². The molecular weight excluding hydrogens is 292 g/mol. The largest absolute Gasteiger partial charge is 0.374 e. The Morgan fingerprint density at radius 3 is 2.89 bits per heavy atom. The quantitative estimate of drug-likeness (QED) is 0.821. The molecule has 1 unspecified atom stereocenters. The fourth-order valence-corrected chi connectivity index (χ4v) is 1.99. The highest BCUT2D eigenvalue weighted by Crippen LogP contribution is 2.22. The second kappa shape index (κ2) is 7.07. The minimum absolute atomic E-state index is 0.0991. The second-order valence-electron chi connectivity index (χ2n) is 3.94. The van der Waals surface area contributed by atoms with Gasteiger partial charge in [-0.2, -0.15) is 0 Å². The summed E-state index contributed by atoms with van der Waals surface area (Å²) < 4.78 is 1.04. The molecule has 1 rings (SSSR count). The molecule has 0 saturated carbocycles. The van der Waals surface area contributed by atoms with Gasteiger partial charge >= 0.3 is 0 Å². The Bertz CT molecular complexity index is 465. The van der Waals surface area contributed by atoms with Crippen molar-refractivity contribution in [2.24, 2.45) is 0 Å². The lowest BCUT2D eigenvalue weighted by atomic mass is 10.1. The highest BCUT2D eigenvalue weighted by molar-refractivity contribution is 9.10. The number of carbonyl (C=O) groups is 1. The summed E-state index contributed by atoms with van der Waals surface area (Å²) in [4.78, 5) is 11.7. The Labute approximate surface area is 116 Å². The number of terminal acetylenes is 1. The van der Waals surface area contributed by atoms with Crippen LogP contribution >= 0.6 is 15.9 Å². The molecule has 0 bridgehead atoms. The van der Waals surface area contributed by atoms with Crippen LogP contribution in [-0.4, -0.2) is 18.5 Å². The molecule has 0 aromatic heterocycles. The third-order valence-corrected chi connectivity index (χ3v) is 3.07. The molecule has 3 nitrogen and oxygen atoms in total. The molecule has 1 amide bonds. The summed E-state index contributed by atoms with van der Waals surface area (Å²) in [5.74, 6) is 2.28. The number of anilines is 1. The van der Waals surface area contributed by atoms with Crippen molar-refractivity contribution < 1.29 is 4.79 Å². The van der Waals surface area contributed by atoms with E-state index in [1.165, 1.54) is 5.56 Å². The van der Waals surface area contributed by atoms with Gasteiger partial charge in [0.15, 0.2) is 0 Å². The van der Waals surface area contributed by atoms with Gasteiger partial charge in [0, 0.05) is 10.2 Å². The summed E-state index contributed by atoms with van der Waals surface area (Å²) in [5.41, 5.74) is 2.14. The Hall–Kier alpha value is -1.47. The minimum atomic E-state index is -0.315. The first-order valence-electron chi connectivity index (χ1n) is 5.84. The van der Waals surface area contributed by atoms with Crippen LogP contribution in [0.1, 0.15) is 19.4 Å². The first kappa shape index (κ1) is 14.6. The van der Waals surface area contributed by atoms with Gasteiger partial charge in [0.2, 0.25) is 5.91 Å². The van der Waals surface area contributed by atoms with Crippen LogP contribution in [0.15, 0.2) is 22.7 Å². The second-order valence-corrected chi connectivity index (χ2v) is 4.86. The van der Waals surface area contributed by atoms with E-state index in [0.29, 0.717) is 0 Å². The summed E-state index contributed by atoms with van der Waals surface area (Å²) in [6.45, 7) is 4.15. The number of rotatable bonds is 5. The predicted molar refractivity (Wildman–Crippen MR) is 78.4 cm³/mol. The summed E-state index contributed by atoms with van der Waals surface area (Å²) in [5, 5.41) is 5.85. The van der Waals surface area contributed by atoms with Gasteiger partial charge in [0.25, 0.3) is 0 Å². The lowest BCUT2D eigenvalue weighted by Crippen LogP contribution is -2.37. The van der Waals surface area contributed by atoms with Crippen molar-refractivity contribution >= 4 is 27.5 Å². The zero-order valence-corrected chi connectivity index (χ0v) is 12.2. The van der Waals surface area contributed by atoms with E-state index in [9.17, 15) is 4.79 Å². The normalized spacial score (nSPS) is 11.4. The zero-order valence-electron chi connectivity index (χ0n) is 10.6.